The third-order valence-electron chi connectivity index (χ3n) is 3.14. The quantitative estimate of drug-likeness (QED) is 0.531. The Morgan fingerprint density at radius 2 is 1.91 bits per heavy atom. The van der Waals surface area contributed by atoms with Gasteiger partial charge in [-0.15, -0.1) is 0 Å². The van der Waals surface area contributed by atoms with Crippen LogP contribution >= 0.6 is 0 Å². The zero-order valence-electron chi connectivity index (χ0n) is 11.9. The predicted octanol–water partition coefficient (Wildman–Crippen LogP) is -1.85. The Kier molecular flexibility index (Phi) is 5.13. The molecule has 104 valence electrons. The van der Waals surface area contributed by atoms with Gasteiger partial charge in [0.1, 0.15) is 11.3 Å². The van der Waals surface area contributed by atoms with E-state index in [1.54, 1.807) is 42.7 Å². The van der Waals surface area contributed by atoms with Gasteiger partial charge in [-0.1, -0.05) is 12.1 Å². The van der Waals surface area contributed by atoms with Crippen LogP contribution in [0.15, 0.2) is 58.0 Å². The van der Waals surface area contributed by atoms with Gasteiger partial charge in [0.05, 0.1) is 5.39 Å². The summed E-state index contributed by atoms with van der Waals surface area (Å²) in [5.41, 5.74) is 1.18. The molecule has 3 rings (SSSR count). The van der Waals surface area contributed by atoms with Crippen LogP contribution in [0.1, 0.15) is 5.56 Å². The molecule has 0 radical (unpaired) electrons. The largest absolute Gasteiger partial charge is 1.00 e. The van der Waals surface area contributed by atoms with Gasteiger partial charge in [-0.2, -0.15) is 0 Å². The molecule has 0 aliphatic carbocycles. The van der Waals surface area contributed by atoms with Crippen molar-refractivity contribution in [3.05, 3.63) is 64.6 Å². The molecule has 0 amide bonds. The van der Waals surface area contributed by atoms with Crippen LogP contribution in [0, 0.1) is 0 Å². The van der Waals surface area contributed by atoms with E-state index in [0.29, 0.717) is 22.3 Å². The van der Waals surface area contributed by atoms with E-state index >= 15 is 0 Å². The Morgan fingerprint density at radius 1 is 1.18 bits per heavy atom. The number of hydrogen-bond donors (Lipinski definition) is 0. The first-order chi connectivity index (χ1) is 10.1. The molecule has 0 saturated heterocycles. The fraction of sp³-hybridized carbons (Fsp3) is 0.0625. The minimum Gasteiger partial charge on any atom is -0.550 e. The maximum Gasteiger partial charge on any atom is 1.00 e. The number of rotatable bonds is 3. The Morgan fingerprint density at radius 3 is 2.59 bits per heavy atom. The normalized spacial score (nSPS) is 10.2. The van der Waals surface area contributed by atoms with E-state index < -0.39 is 5.97 Å². The third-order valence-corrected chi connectivity index (χ3v) is 3.14. The summed E-state index contributed by atoms with van der Waals surface area (Å²) < 4.78 is 5.74. The molecular weight excluding hydrogens is 293 g/mol. The summed E-state index contributed by atoms with van der Waals surface area (Å²) in [5, 5.41) is 11.2. The number of hydrogen-bond acceptors (Lipinski definition) is 5. The number of aromatic nitrogens is 1. The molecule has 0 bridgehead atoms. The van der Waals surface area contributed by atoms with E-state index in [1.165, 1.54) is 6.07 Å². The first-order valence-corrected chi connectivity index (χ1v) is 6.31. The zero-order valence-corrected chi connectivity index (χ0v) is 13.9. The summed E-state index contributed by atoms with van der Waals surface area (Å²) in [5.74, 6) is -0.847. The third kappa shape index (κ3) is 3.27. The van der Waals surface area contributed by atoms with Crippen molar-refractivity contribution in [2.24, 2.45) is 0 Å². The van der Waals surface area contributed by atoms with Gasteiger partial charge in [-0.3, -0.25) is 9.78 Å². The van der Waals surface area contributed by atoms with Crippen LogP contribution in [-0.2, 0) is 11.2 Å². The van der Waals surface area contributed by atoms with Crippen LogP contribution in [0.3, 0.4) is 0 Å². The standard InChI is InChI=1S/C16H11NO4.Na/c18-13-9-14(10-4-6-17-7-5-10)21-16-11(8-15(19)20)2-1-3-12(13)16;/h1-7,9H,8H2,(H,19,20);/q;+1/p-1. The molecule has 6 heteroatoms. The van der Waals surface area contributed by atoms with Gasteiger partial charge in [0.2, 0.25) is 0 Å². The molecule has 0 atom stereocenters. The Labute approximate surface area is 147 Å². The Hall–Kier alpha value is -1.95. The summed E-state index contributed by atoms with van der Waals surface area (Å²) >= 11 is 0. The van der Waals surface area contributed by atoms with Crippen molar-refractivity contribution in [3.63, 3.8) is 0 Å². The molecule has 0 fully saturated rings. The minimum absolute atomic E-state index is 0. The fourth-order valence-electron chi connectivity index (χ4n) is 2.19. The molecule has 0 N–H and O–H groups in total. The summed E-state index contributed by atoms with van der Waals surface area (Å²) in [7, 11) is 0. The van der Waals surface area contributed by atoms with Crippen LogP contribution < -0.4 is 40.1 Å². The molecule has 2 heterocycles. The number of benzene rings is 1. The molecule has 0 aliphatic rings. The van der Waals surface area contributed by atoms with Gasteiger partial charge < -0.3 is 14.3 Å². The monoisotopic (exact) mass is 303 g/mol. The molecule has 3 aromatic rings. The molecule has 1 aromatic carbocycles. The number of carboxylic acid groups (broad SMARTS) is 1. The van der Waals surface area contributed by atoms with Crippen molar-refractivity contribution >= 4 is 16.9 Å². The summed E-state index contributed by atoms with van der Waals surface area (Å²) in [6.07, 6.45) is 2.87. The van der Waals surface area contributed by atoms with Gasteiger partial charge in [0.15, 0.2) is 5.43 Å². The summed E-state index contributed by atoms with van der Waals surface area (Å²) in [6, 6.07) is 9.66. The van der Waals surface area contributed by atoms with Crippen LogP contribution in [0.25, 0.3) is 22.3 Å². The SMILES string of the molecule is O=C([O-])Cc1cccc2c(=O)cc(-c3ccncc3)oc12.[Na+]. The summed E-state index contributed by atoms with van der Waals surface area (Å²) in [6.45, 7) is 0. The maximum atomic E-state index is 12.2. The number of nitrogens with zero attached hydrogens (tertiary/aromatic N) is 1. The van der Waals surface area contributed by atoms with Gasteiger partial charge in [-0.25, -0.2) is 0 Å². The maximum absolute atomic E-state index is 12.2. The van der Waals surface area contributed by atoms with Gasteiger partial charge in [0.25, 0.3) is 0 Å². The number of carboxylic acids is 1. The molecule has 0 saturated carbocycles. The second-order valence-electron chi connectivity index (χ2n) is 4.55. The molecule has 0 unspecified atom stereocenters. The second-order valence-corrected chi connectivity index (χ2v) is 4.55. The number of fused-ring (bicyclic) bond motifs is 1. The van der Waals surface area contributed by atoms with E-state index in [9.17, 15) is 14.7 Å². The summed E-state index contributed by atoms with van der Waals surface area (Å²) in [4.78, 5) is 26.9. The molecule has 2 aromatic heterocycles. The number of carbonyl (C=O) groups is 1. The van der Waals surface area contributed by atoms with Crippen LogP contribution in [0.4, 0.5) is 0 Å². The van der Waals surface area contributed by atoms with Crippen LogP contribution in [0.5, 0.6) is 0 Å². The first kappa shape index (κ1) is 16.4. The van der Waals surface area contributed by atoms with Crippen molar-refractivity contribution in [1.82, 2.24) is 4.98 Å². The Bertz CT molecular complexity index is 874. The zero-order chi connectivity index (χ0) is 14.8. The number of aliphatic carboxylic acids is 1. The van der Waals surface area contributed by atoms with Crippen molar-refractivity contribution in [3.8, 4) is 11.3 Å². The van der Waals surface area contributed by atoms with Gasteiger partial charge in [-0.05, 0) is 18.2 Å². The number of para-hydroxylation sites is 1. The van der Waals surface area contributed by atoms with E-state index in [4.69, 9.17) is 4.42 Å². The molecule has 22 heavy (non-hydrogen) atoms. The van der Waals surface area contributed by atoms with Crippen molar-refractivity contribution < 1.29 is 43.9 Å². The molecule has 5 nitrogen and oxygen atoms in total. The van der Waals surface area contributed by atoms with E-state index in [2.05, 4.69) is 4.98 Å². The smallest absolute Gasteiger partial charge is 0.550 e. The van der Waals surface area contributed by atoms with E-state index in [1.807, 2.05) is 0 Å². The van der Waals surface area contributed by atoms with Crippen molar-refractivity contribution in [2.75, 3.05) is 0 Å². The molecule has 0 aliphatic heterocycles. The van der Waals surface area contributed by atoms with Crippen LogP contribution in [0.2, 0.25) is 0 Å². The van der Waals surface area contributed by atoms with Crippen molar-refractivity contribution in [2.45, 2.75) is 6.42 Å². The van der Waals surface area contributed by atoms with Crippen molar-refractivity contribution in [1.29, 1.82) is 0 Å². The van der Waals surface area contributed by atoms with Gasteiger partial charge >= 0.3 is 29.6 Å². The van der Waals surface area contributed by atoms with Gasteiger partial charge in [0, 0.05) is 42.0 Å². The Balaban J connectivity index is 0.00000176. The van der Waals surface area contributed by atoms with E-state index in [-0.39, 0.29) is 47.0 Å². The second kappa shape index (κ2) is 6.87. The predicted molar refractivity (Wildman–Crippen MR) is 74.4 cm³/mol. The number of pyridine rings is 1. The average Bonchev–Trinajstić information content (AvgIpc) is 2.48. The molecule has 0 spiro atoms. The topological polar surface area (TPSA) is 83.2 Å². The minimum atomic E-state index is -1.22. The number of carbonyl (C=O) groups excluding carboxylic acids is 1. The fourth-order valence-corrected chi connectivity index (χ4v) is 2.19. The van der Waals surface area contributed by atoms with Crippen LogP contribution in [-0.4, -0.2) is 11.0 Å². The first-order valence-electron chi connectivity index (χ1n) is 6.31. The van der Waals surface area contributed by atoms with E-state index in [0.717, 1.165) is 0 Å². The average molecular weight is 303 g/mol. The molecular formula is C16H10NNaO4.